The smallest absolute Gasteiger partial charge is 0.00258 e. The van der Waals surface area contributed by atoms with E-state index in [4.69, 9.17) is 0 Å². The first-order chi connectivity index (χ1) is 9.45. The molecule has 3 rings (SSSR count). The Labute approximate surface area is 115 Å². The second-order valence-electron chi connectivity index (χ2n) is 4.30. The highest BCUT2D eigenvalue weighted by atomic mass is 14.0. The van der Waals surface area contributed by atoms with Crippen molar-refractivity contribution in [2.24, 2.45) is 0 Å². The maximum absolute atomic E-state index is 2.16. The molecule has 0 bridgehead atoms. The molecule has 0 N–H and O–H groups in total. The molecule has 0 amide bonds. The van der Waals surface area contributed by atoms with Gasteiger partial charge in [-0.2, -0.15) is 0 Å². The molecule has 0 heterocycles. The molecular formula is C19H18. The van der Waals surface area contributed by atoms with E-state index >= 15 is 0 Å². The summed E-state index contributed by atoms with van der Waals surface area (Å²) >= 11 is 0. The Morgan fingerprint density at radius 1 is 0.368 bits per heavy atom. The van der Waals surface area contributed by atoms with Crippen LogP contribution in [0, 0.1) is 0 Å². The highest BCUT2D eigenvalue weighted by molar-refractivity contribution is 5.25. The summed E-state index contributed by atoms with van der Waals surface area (Å²) in [7, 11) is 0. The zero-order valence-electron chi connectivity index (χ0n) is 10.9. The number of hydrogen-bond donors (Lipinski definition) is 0. The third-order valence-electron chi connectivity index (χ3n) is 2.76. The quantitative estimate of drug-likeness (QED) is 0.599. The third kappa shape index (κ3) is 5.22. The van der Waals surface area contributed by atoms with Gasteiger partial charge < -0.3 is 0 Å². The van der Waals surface area contributed by atoms with Crippen LogP contribution in [0.3, 0.4) is 0 Å². The van der Waals surface area contributed by atoms with Crippen LogP contribution in [0.5, 0.6) is 0 Å². The van der Waals surface area contributed by atoms with Gasteiger partial charge in [-0.15, -0.1) is 0 Å². The summed E-state index contributed by atoms with van der Waals surface area (Å²) in [6.07, 6.45) is 1.03. The Kier molecular flexibility index (Phi) is 5.44. The van der Waals surface area contributed by atoms with Gasteiger partial charge in [0.05, 0.1) is 0 Å². The molecule has 0 saturated carbocycles. The molecule has 0 unspecified atom stereocenters. The van der Waals surface area contributed by atoms with Crippen molar-refractivity contribution < 1.29 is 0 Å². The molecule has 0 radical (unpaired) electrons. The van der Waals surface area contributed by atoms with E-state index in [1.54, 1.807) is 0 Å². The molecule has 0 aliphatic rings. The average Bonchev–Trinajstić information content (AvgIpc) is 2.52. The Morgan fingerprint density at radius 3 is 0.947 bits per heavy atom. The van der Waals surface area contributed by atoms with Gasteiger partial charge in [-0.3, -0.25) is 0 Å². The number of rotatable bonds is 2. The minimum atomic E-state index is 1.03. The highest BCUT2D eigenvalue weighted by Gasteiger charge is 1.92. The summed E-state index contributed by atoms with van der Waals surface area (Å²) < 4.78 is 0. The zero-order chi connectivity index (χ0) is 13.2. The summed E-state index contributed by atoms with van der Waals surface area (Å²) in [5.74, 6) is 0. The van der Waals surface area contributed by atoms with Crippen molar-refractivity contribution in [2.45, 2.75) is 6.42 Å². The van der Waals surface area contributed by atoms with E-state index in [0.717, 1.165) is 6.42 Å². The molecule has 0 aromatic heterocycles. The van der Waals surface area contributed by atoms with Gasteiger partial charge in [-0.05, 0) is 17.5 Å². The number of benzene rings is 3. The van der Waals surface area contributed by atoms with E-state index in [1.165, 1.54) is 11.1 Å². The van der Waals surface area contributed by atoms with E-state index in [0.29, 0.717) is 0 Å². The van der Waals surface area contributed by atoms with E-state index in [2.05, 4.69) is 60.7 Å². The van der Waals surface area contributed by atoms with Crippen LogP contribution in [-0.2, 0) is 6.42 Å². The van der Waals surface area contributed by atoms with E-state index < -0.39 is 0 Å². The Bertz CT molecular complexity index is 477. The van der Waals surface area contributed by atoms with Crippen LogP contribution in [0.15, 0.2) is 97.1 Å². The average molecular weight is 246 g/mol. The van der Waals surface area contributed by atoms with Crippen LogP contribution in [0.4, 0.5) is 0 Å². The first-order valence-corrected chi connectivity index (χ1v) is 6.53. The minimum absolute atomic E-state index is 1.03. The Balaban J connectivity index is 0.000000186. The van der Waals surface area contributed by atoms with Gasteiger partial charge in [0.25, 0.3) is 0 Å². The van der Waals surface area contributed by atoms with Crippen molar-refractivity contribution in [2.75, 3.05) is 0 Å². The molecule has 0 aliphatic heterocycles. The second kappa shape index (κ2) is 7.88. The first kappa shape index (κ1) is 13.1. The van der Waals surface area contributed by atoms with E-state index in [1.807, 2.05) is 36.4 Å². The fourth-order valence-corrected chi connectivity index (χ4v) is 1.81. The summed E-state index contributed by atoms with van der Waals surface area (Å²) in [6, 6.07) is 33.1. The van der Waals surface area contributed by atoms with Gasteiger partial charge in [-0.1, -0.05) is 97.1 Å². The van der Waals surface area contributed by atoms with Gasteiger partial charge in [0.2, 0.25) is 0 Å². The van der Waals surface area contributed by atoms with Crippen LogP contribution in [0.2, 0.25) is 0 Å². The predicted molar refractivity (Wildman–Crippen MR) is 82.1 cm³/mol. The molecule has 19 heavy (non-hydrogen) atoms. The van der Waals surface area contributed by atoms with Crippen molar-refractivity contribution >= 4 is 0 Å². The van der Waals surface area contributed by atoms with Crippen molar-refractivity contribution in [3.8, 4) is 0 Å². The maximum atomic E-state index is 2.16. The Morgan fingerprint density at radius 2 is 0.632 bits per heavy atom. The molecule has 0 fully saturated rings. The lowest BCUT2D eigenvalue weighted by Crippen LogP contribution is -1.85. The largest absolute Gasteiger partial charge is 0.0623 e. The summed E-state index contributed by atoms with van der Waals surface area (Å²) in [6.45, 7) is 0. The van der Waals surface area contributed by atoms with Crippen LogP contribution in [0.1, 0.15) is 11.1 Å². The van der Waals surface area contributed by atoms with Crippen LogP contribution >= 0.6 is 0 Å². The van der Waals surface area contributed by atoms with Crippen LogP contribution in [-0.4, -0.2) is 0 Å². The number of hydrogen-bond acceptors (Lipinski definition) is 0. The highest BCUT2D eigenvalue weighted by Crippen LogP contribution is 2.07. The van der Waals surface area contributed by atoms with Crippen LogP contribution < -0.4 is 0 Å². The van der Waals surface area contributed by atoms with Crippen molar-refractivity contribution in [1.82, 2.24) is 0 Å². The molecule has 3 aromatic rings. The molecule has 0 nitrogen and oxygen atoms in total. The fraction of sp³-hybridized carbons (Fsp3) is 0.0526. The molecular weight excluding hydrogens is 228 g/mol. The van der Waals surface area contributed by atoms with Gasteiger partial charge in [0.1, 0.15) is 0 Å². The van der Waals surface area contributed by atoms with Gasteiger partial charge >= 0.3 is 0 Å². The van der Waals surface area contributed by atoms with E-state index in [9.17, 15) is 0 Å². The fourth-order valence-electron chi connectivity index (χ4n) is 1.81. The molecule has 0 heteroatoms. The summed E-state index contributed by atoms with van der Waals surface area (Å²) in [5.41, 5.74) is 2.74. The van der Waals surface area contributed by atoms with Crippen molar-refractivity contribution in [1.29, 1.82) is 0 Å². The third-order valence-corrected chi connectivity index (χ3v) is 2.76. The molecule has 94 valence electrons. The first-order valence-electron chi connectivity index (χ1n) is 6.53. The van der Waals surface area contributed by atoms with Crippen LogP contribution in [0.25, 0.3) is 0 Å². The van der Waals surface area contributed by atoms with Gasteiger partial charge in [0.15, 0.2) is 0 Å². The summed E-state index contributed by atoms with van der Waals surface area (Å²) in [4.78, 5) is 0. The molecule has 0 aliphatic carbocycles. The second-order valence-corrected chi connectivity index (χ2v) is 4.30. The Hall–Kier alpha value is -2.34. The minimum Gasteiger partial charge on any atom is -0.0623 e. The maximum Gasteiger partial charge on any atom is -0.00258 e. The standard InChI is InChI=1S/C13H12.C6H6/c1-3-7-12(8-4-1)11-13-9-5-2-6-10-13;1-2-4-6-5-3-1/h1-10H,11H2;1-6H. The molecule has 0 atom stereocenters. The molecule has 0 spiro atoms. The monoisotopic (exact) mass is 246 g/mol. The SMILES string of the molecule is c1ccc(Cc2ccccc2)cc1.c1ccccc1. The van der Waals surface area contributed by atoms with Gasteiger partial charge in [0, 0.05) is 0 Å². The van der Waals surface area contributed by atoms with Gasteiger partial charge in [-0.25, -0.2) is 0 Å². The normalized spacial score (nSPS) is 9.26. The molecule has 3 aromatic carbocycles. The topological polar surface area (TPSA) is 0 Å². The summed E-state index contributed by atoms with van der Waals surface area (Å²) in [5, 5.41) is 0. The van der Waals surface area contributed by atoms with Crippen molar-refractivity contribution in [3.63, 3.8) is 0 Å². The molecule has 0 saturated heterocycles. The lowest BCUT2D eigenvalue weighted by atomic mass is 10.1. The van der Waals surface area contributed by atoms with E-state index in [-0.39, 0.29) is 0 Å². The zero-order valence-corrected chi connectivity index (χ0v) is 10.9. The lowest BCUT2D eigenvalue weighted by molar-refractivity contribution is 1.19. The lowest BCUT2D eigenvalue weighted by Gasteiger charge is -2.00. The van der Waals surface area contributed by atoms with Crippen molar-refractivity contribution in [3.05, 3.63) is 108 Å². The predicted octanol–water partition coefficient (Wildman–Crippen LogP) is 4.96.